The first kappa shape index (κ1) is 15.1. The van der Waals surface area contributed by atoms with Crippen LogP contribution in [0.3, 0.4) is 0 Å². The molecule has 112 valence electrons. The zero-order valence-corrected chi connectivity index (χ0v) is 12.4. The van der Waals surface area contributed by atoms with Crippen molar-refractivity contribution in [2.75, 3.05) is 18.5 Å². The van der Waals surface area contributed by atoms with Gasteiger partial charge in [0.2, 0.25) is 0 Å². The number of fused-ring (bicyclic) bond motifs is 1. The summed E-state index contributed by atoms with van der Waals surface area (Å²) >= 11 is 0. The summed E-state index contributed by atoms with van der Waals surface area (Å²) in [4.78, 5) is 24.7. The van der Waals surface area contributed by atoms with Gasteiger partial charge in [-0.15, -0.1) is 0 Å². The van der Waals surface area contributed by atoms with E-state index >= 15 is 0 Å². The highest BCUT2D eigenvalue weighted by Crippen LogP contribution is 2.19. The SMILES string of the molecule is CCCCn1ccc2cc(N(C)CC(=O)O)ccc2c1=O. The number of unbranched alkanes of at least 4 members (excludes halogenated alkanes) is 1. The average Bonchev–Trinajstić information content (AvgIpc) is 2.45. The minimum atomic E-state index is -0.882. The summed E-state index contributed by atoms with van der Waals surface area (Å²) in [6.07, 6.45) is 3.83. The van der Waals surface area contributed by atoms with Crippen LogP contribution in [0.5, 0.6) is 0 Å². The summed E-state index contributed by atoms with van der Waals surface area (Å²) in [5.41, 5.74) is 0.795. The van der Waals surface area contributed by atoms with Crippen molar-refractivity contribution in [1.29, 1.82) is 0 Å². The number of aryl methyl sites for hydroxylation is 1. The molecule has 2 aromatic rings. The van der Waals surface area contributed by atoms with Gasteiger partial charge >= 0.3 is 5.97 Å². The van der Waals surface area contributed by atoms with Gasteiger partial charge in [-0.3, -0.25) is 9.59 Å². The molecule has 0 bridgehead atoms. The number of nitrogens with zero attached hydrogens (tertiary/aromatic N) is 2. The first-order valence-corrected chi connectivity index (χ1v) is 7.09. The van der Waals surface area contributed by atoms with E-state index in [1.54, 1.807) is 34.8 Å². The third kappa shape index (κ3) is 3.42. The predicted octanol–water partition coefficient (Wildman–Crippen LogP) is 2.32. The van der Waals surface area contributed by atoms with E-state index in [1.807, 2.05) is 12.1 Å². The van der Waals surface area contributed by atoms with Crippen molar-refractivity contribution in [2.24, 2.45) is 0 Å². The lowest BCUT2D eigenvalue weighted by Crippen LogP contribution is -2.25. The van der Waals surface area contributed by atoms with Crippen molar-refractivity contribution < 1.29 is 9.90 Å². The molecule has 21 heavy (non-hydrogen) atoms. The second-order valence-electron chi connectivity index (χ2n) is 5.19. The van der Waals surface area contributed by atoms with E-state index in [0.717, 1.165) is 30.5 Å². The molecule has 0 amide bonds. The lowest BCUT2D eigenvalue weighted by molar-refractivity contribution is -0.135. The molecule has 0 fully saturated rings. The molecule has 0 unspecified atom stereocenters. The molecule has 1 aromatic carbocycles. The molecule has 1 heterocycles. The summed E-state index contributed by atoms with van der Waals surface area (Å²) in [6.45, 7) is 2.75. The molecule has 2 rings (SSSR count). The number of aromatic nitrogens is 1. The van der Waals surface area contributed by atoms with Gasteiger partial charge in [0.05, 0.1) is 0 Å². The zero-order valence-electron chi connectivity index (χ0n) is 12.4. The normalized spacial score (nSPS) is 10.8. The maximum Gasteiger partial charge on any atom is 0.323 e. The van der Waals surface area contributed by atoms with Crippen molar-refractivity contribution in [1.82, 2.24) is 4.57 Å². The number of hydrogen-bond acceptors (Lipinski definition) is 3. The van der Waals surface area contributed by atoms with Gasteiger partial charge in [0.1, 0.15) is 6.54 Å². The van der Waals surface area contributed by atoms with Crippen LogP contribution >= 0.6 is 0 Å². The van der Waals surface area contributed by atoms with Gasteiger partial charge in [0.25, 0.3) is 5.56 Å². The van der Waals surface area contributed by atoms with Crippen LogP contribution in [0.25, 0.3) is 10.8 Å². The monoisotopic (exact) mass is 288 g/mol. The molecular weight excluding hydrogens is 268 g/mol. The Balaban J connectivity index is 2.37. The number of rotatable bonds is 6. The number of carbonyl (C=O) groups is 1. The number of likely N-dealkylation sites (N-methyl/N-ethyl adjacent to an activating group) is 1. The number of aliphatic carboxylic acids is 1. The van der Waals surface area contributed by atoms with Gasteiger partial charge < -0.3 is 14.6 Å². The summed E-state index contributed by atoms with van der Waals surface area (Å²) in [5.74, 6) is -0.882. The average molecular weight is 288 g/mol. The Morgan fingerprint density at radius 1 is 1.33 bits per heavy atom. The van der Waals surface area contributed by atoms with Crippen molar-refractivity contribution in [3.8, 4) is 0 Å². The van der Waals surface area contributed by atoms with E-state index in [9.17, 15) is 9.59 Å². The number of hydrogen-bond donors (Lipinski definition) is 1. The lowest BCUT2D eigenvalue weighted by Gasteiger charge is -2.17. The third-order valence-corrected chi connectivity index (χ3v) is 3.53. The lowest BCUT2D eigenvalue weighted by atomic mass is 10.1. The largest absolute Gasteiger partial charge is 0.480 e. The van der Waals surface area contributed by atoms with Crippen LogP contribution < -0.4 is 10.5 Å². The van der Waals surface area contributed by atoms with Gasteiger partial charge in [0, 0.05) is 30.9 Å². The van der Waals surface area contributed by atoms with Crippen molar-refractivity contribution >= 4 is 22.4 Å². The van der Waals surface area contributed by atoms with Crippen molar-refractivity contribution in [3.63, 3.8) is 0 Å². The predicted molar refractivity (Wildman–Crippen MR) is 84.0 cm³/mol. The van der Waals surface area contributed by atoms with E-state index in [-0.39, 0.29) is 12.1 Å². The fourth-order valence-electron chi connectivity index (χ4n) is 2.31. The molecule has 0 aliphatic rings. The Hall–Kier alpha value is -2.30. The number of anilines is 1. The first-order chi connectivity index (χ1) is 10.0. The van der Waals surface area contributed by atoms with Crippen LogP contribution in [0.1, 0.15) is 19.8 Å². The second kappa shape index (κ2) is 6.43. The molecule has 5 heteroatoms. The number of carboxylic acid groups (broad SMARTS) is 1. The van der Waals surface area contributed by atoms with Crippen LogP contribution in [0.2, 0.25) is 0 Å². The fraction of sp³-hybridized carbons (Fsp3) is 0.375. The molecule has 0 atom stereocenters. The Bertz CT molecular complexity index is 706. The second-order valence-corrected chi connectivity index (χ2v) is 5.19. The van der Waals surface area contributed by atoms with Crippen LogP contribution in [0, 0.1) is 0 Å². The van der Waals surface area contributed by atoms with Gasteiger partial charge in [-0.1, -0.05) is 13.3 Å². The van der Waals surface area contributed by atoms with Crippen LogP contribution in [0.4, 0.5) is 5.69 Å². The number of benzene rings is 1. The molecule has 5 nitrogen and oxygen atoms in total. The minimum absolute atomic E-state index is 0.00777. The number of carboxylic acids is 1. The van der Waals surface area contributed by atoms with Gasteiger partial charge in [-0.05, 0) is 36.1 Å². The Morgan fingerprint density at radius 2 is 2.10 bits per heavy atom. The van der Waals surface area contributed by atoms with Crippen LogP contribution in [-0.4, -0.2) is 29.2 Å². The summed E-state index contributed by atoms with van der Waals surface area (Å²) < 4.78 is 1.73. The number of pyridine rings is 1. The smallest absolute Gasteiger partial charge is 0.323 e. The molecule has 0 aliphatic heterocycles. The molecule has 0 radical (unpaired) electrons. The van der Waals surface area contributed by atoms with E-state index in [1.165, 1.54) is 0 Å². The first-order valence-electron chi connectivity index (χ1n) is 7.09. The highest BCUT2D eigenvalue weighted by molar-refractivity contribution is 5.85. The maximum absolute atomic E-state index is 12.3. The highest BCUT2D eigenvalue weighted by atomic mass is 16.4. The molecular formula is C16H20N2O3. The zero-order chi connectivity index (χ0) is 15.4. The van der Waals surface area contributed by atoms with E-state index in [4.69, 9.17) is 5.11 Å². The molecule has 0 saturated heterocycles. The van der Waals surface area contributed by atoms with Crippen molar-refractivity contribution in [2.45, 2.75) is 26.3 Å². The topological polar surface area (TPSA) is 62.5 Å². The van der Waals surface area contributed by atoms with Crippen LogP contribution in [0.15, 0.2) is 35.3 Å². The van der Waals surface area contributed by atoms with Crippen molar-refractivity contribution in [3.05, 3.63) is 40.8 Å². The highest BCUT2D eigenvalue weighted by Gasteiger charge is 2.08. The Kier molecular flexibility index (Phi) is 4.62. The summed E-state index contributed by atoms with van der Waals surface area (Å²) in [7, 11) is 1.72. The molecule has 1 aromatic heterocycles. The van der Waals surface area contributed by atoms with Crippen LogP contribution in [-0.2, 0) is 11.3 Å². The Morgan fingerprint density at radius 3 is 2.76 bits per heavy atom. The molecule has 1 N–H and O–H groups in total. The maximum atomic E-state index is 12.3. The van der Waals surface area contributed by atoms with Gasteiger partial charge in [-0.25, -0.2) is 0 Å². The molecule has 0 aliphatic carbocycles. The molecule has 0 saturated carbocycles. The molecule has 0 spiro atoms. The summed E-state index contributed by atoms with van der Waals surface area (Å²) in [6, 6.07) is 7.32. The third-order valence-electron chi connectivity index (χ3n) is 3.53. The standard InChI is InChI=1S/C16H20N2O3/c1-3-4-8-18-9-7-12-10-13(17(2)11-15(19)20)5-6-14(12)16(18)21/h5-7,9-10H,3-4,8,11H2,1-2H3,(H,19,20). The van der Waals surface area contributed by atoms with E-state index in [0.29, 0.717) is 5.39 Å². The Labute approximate surface area is 123 Å². The quantitative estimate of drug-likeness (QED) is 0.886. The summed E-state index contributed by atoms with van der Waals surface area (Å²) in [5, 5.41) is 10.3. The van der Waals surface area contributed by atoms with E-state index < -0.39 is 5.97 Å². The van der Waals surface area contributed by atoms with Gasteiger partial charge in [0.15, 0.2) is 0 Å². The van der Waals surface area contributed by atoms with Gasteiger partial charge in [-0.2, -0.15) is 0 Å². The van der Waals surface area contributed by atoms with E-state index in [2.05, 4.69) is 6.92 Å². The minimum Gasteiger partial charge on any atom is -0.480 e. The fourth-order valence-corrected chi connectivity index (χ4v) is 2.31.